The third-order valence-electron chi connectivity index (χ3n) is 2.77. The van der Waals surface area contributed by atoms with Crippen molar-refractivity contribution < 1.29 is 4.74 Å². The van der Waals surface area contributed by atoms with Crippen molar-refractivity contribution in [3.8, 4) is 5.75 Å². The van der Waals surface area contributed by atoms with Crippen LogP contribution >= 0.6 is 0 Å². The van der Waals surface area contributed by atoms with Gasteiger partial charge in [-0.05, 0) is 11.8 Å². The molecule has 0 fully saturated rings. The molecule has 0 aliphatic rings. The number of nitrogens with zero attached hydrogens (tertiary/aromatic N) is 2. The van der Waals surface area contributed by atoms with Crippen LogP contribution in [-0.4, -0.2) is 23.6 Å². The number of nitrogens with two attached hydrogens (primary N) is 1. The van der Waals surface area contributed by atoms with E-state index in [1.54, 1.807) is 7.11 Å². The van der Waals surface area contributed by atoms with E-state index in [0.717, 1.165) is 6.54 Å². The van der Waals surface area contributed by atoms with E-state index in [4.69, 9.17) is 10.5 Å². The van der Waals surface area contributed by atoms with Crippen molar-refractivity contribution in [2.75, 3.05) is 24.7 Å². The maximum absolute atomic E-state index is 5.68. The van der Waals surface area contributed by atoms with Crippen LogP contribution in [0.4, 0.5) is 11.6 Å². The Hall–Kier alpha value is -1.52. The second-order valence-electron chi connectivity index (χ2n) is 4.24. The molecule has 1 aromatic rings. The van der Waals surface area contributed by atoms with Crippen LogP contribution in [0.5, 0.6) is 5.75 Å². The lowest BCUT2D eigenvalue weighted by Gasteiger charge is -2.17. The molecular weight excluding hydrogens is 204 g/mol. The Morgan fingerprint density at radius 2 is 2.06 bits per heavy atom. The van der Waals surface area contributed by atoms with E-state index >= 15 is 0 Å². The number of anilines is 2. The highest BCUT2D eigenvalue weighted by Gasteiger charge is 2.11. The van der Waals surface area contributed by atoms with Gasteiger partial charge in [0.2, 0.25) is 5.75 Å². The summed E-state index contributed by atoms with van der Waals surface area (Å²) in [5, 5.41) is 3.23. The Morgan fingerprint density at radius 3 is 2.62 bits per heavy atom. The van der Waals surface area contributed by atoms with Gasteiger partial charge < -0.3 is 15.8 Å². The van der Waals surface area contributed by atoms with Crippen LogP contribution in [0, 0.1) is 11.8 Å². The average molecular weight is 224 g/mol. The van der Waals surface area contributed by atoms with Gasteiger partial charge in [-0.2, -0.15) is 0 Å². The zero-order valence-electron chi connectivity index (χ0n) is 10.3. The lowest BCUT2D eigenvalue weighted by molar-refractivity contribution is 0.411. The molecule has 1 aromatic heterocycles. The van der Waals surface area contributed by atoms with Gasteiger partial charge in [-0.15, -0.1) is 0 Å². The summed E-state index contributed by atoms with van der Waals surface area (Å²) in [6.07, 6.45) is 1.43. The Balaban J connectivity index is 2.70. The van der Waals surface area contributed by atoms with Crippen molar-refractivity contribution in [3.05, 3.63) is 6.33 Å². The summed E-state index contributed by atoms with van der Waals surface area (Å²) in [5.74, 6) is 2.71. The molecule has 1 atom stereocenters. The molecule has 5 heteroatoms. The fourth-order valence-electron chi connectivity index (χ4n) is 1.21. The van der Waals surface area contributed by atoms with E-state index in [-0.39, 0.29) is 0 Å². The van der Waals surface area contributed by atoms with Gasteiger partial charge in [-0.1, -0.05) is 20.8 Å². The number of hydrogen-bond acceptors (Lipinski definition) is 5. The third-order valence-corrected chi connectivity index (χ3v) is 2.77. The van der Waals surface area contributed by atoms with Crippen molar-refractivity contribution in [1.29, 1.82) is 0 Å². The highest BCUT2D eigenvalue weighted by Crippen LogP contribution is 2.26. The Kier molecular flexibility index (Phi) is 4.34. The predicted octanol–water partition coefficient (Wildman–Crippen LogP) is 1.77. The molecule has 5 nitrogen and oxygen atoms in total. The summed E-state index contributed by atoms with van der Waals surface area (Å²) in [5.41, 5.74) is 5.68. The van der Waals surface area contributed by atoms with Gasteiger partial charge >= 0.3 is 0 Å². The molecular formula is C11H20N4O. The van der Waals surface area contributed by atoms with Crippen molar-refractivity contribution in [2.24, 2.45) is 11.8 Å². The second-order valence-corrected chi connectivity index (χ2v) is 4.24. The zero-order valence-corrected chi connectivity index (χ0v) is 10.3. The second kappa shape index (κ2) is 5.53. The number of methoxy groups -OCH3 is 1. The summed E-state index contributed by atoms with van der Waals surface area (Å²) < 4.78 is 5.16. The highest BCUT2D eigenvalue weighted by atomic mass is 16.5. The molecule has 0 radical (unpaired) electrons. The molecule has 0 aliphatic carbocycles. The van der Waals surface area contributed by atoms with Crippen LogP contribution in [0.25, 0.3) is 0 Å². The maximum atomic E-state index is 5.68. The minimum atomic E-state index is 0.359. The molecule has 0 amide bonds. The fraction of sp³-hybridized carbons (Fsp3) is 0.636. The summed E-state index contributed by atoms with van der Waals surface area (Å²) in [7, 11) is 1.56. The van der Waals surface area contributed by atoms with Gasteiger partial charge in [0.1, 0.15) is 6.33 Å². The first kappa shape index (κ1) is 12.5. The number of ether oxygens (including phenoxy) is 1. The van der Waals surface area contributed by atoms with E-state index in [1.165, 1.54) is 6.33 Å². The van der Waals surface area contributed by atoms with Crippen LogP contribution in [0.2, 0.25) is 0 Å². The molecule has 0 spiro atoms. The van der Waals surface area contributed by atoms with E-state index in [9.17, 15) is 0 Å². The highest BCUT2D eigenvalue weighted by molar-refractivity contribution is 5.61. The van der Waals surface area contributed by atoms with E-state index < -0.39 is 0 Å². The van der Waals surface area contributed by atoms with E-state index in [0.29, 0.717) is 29.2 Å². The minimum Gasteiger partial charge on any atom is -0.490 e. The van der Waals surface area contributed by atoms with Crippen molar-refractivity contribution in [3.63, 3.8) is 0 Å². The molecule has 3 N–H and O–H groups in total. The van der Waals surface area contributed by atoms with Gasteiger partial charge in [0.05, 0.1) is 7.11 Å². The van der Waals surface area contributed by atoms with Crippen LogP contribution < -0.4 is 15.8 Å². The smallest absolute Gasteiger partial charge is 0.203 e. The van der Waals surface area contributed by atoms with E-state index in [2.05, 4.69) is 36.1 Å². The number of nitrogens with one attached hydrogen (secondary N) is 1. The van der Waals surface area contributed by atoms with Gasteiger partial charge in [0.25, 0.3) is 0 Å². The normalized spacial score (nSPS) is 12.6. The number of aromatic nitrogens is 2. The Morgan fingerprint density at radius 1 is 1.38 bits per heavy atom. The lowest BCUT2D eigenvalue weighted by Crippen LogP contribution is -2.17. The van der Waals surface area contributed by atoms with E-state index in [1.807, 2.05) is 0 Å². The van der Waals surface area contributed by atoms with Crippen LogP contribution in [-0.2, 0) is 0 Å². The monoisotopic (exact) mass is 224 g/mol. The molecule has 0 saturated carbocycles. The van der Waals surface area contributed by atoms with Gasteiger partial charge in [0, 0.05) is 6.54 Å². The summed E-state index contributed by atoms with van der Waals surface area (Å²) >= 11 is 0. The predicted molar refractivity (Wildman–Crippen MR) is 65.5 cm³/mol. The SMILES string of the molecule is COc1c(N)ncnc1NCC(C)C(C)C. The summed E-state index contributed by atoms with van der Waals surface area (Å²) in [4.78, 5) is 7.99. The molecule has 1 unspecified atom stereocenters. The molecule has 0 aliphatic heterocycles. The fourth-order valence-corrected chi connectivity index (χ4v) is 1.21. The van der Waals surface area contributed by atoms with Crippen molar-refractivity contribution in [1.82, 2.24) is 9.97 Å². The first-order valence-corrected chi connectivity index (χ1v) is 5.44. The number of nitrogen functional groups attached to an aromatic ring is 1. The number of rotatable bonds is 5. The summed E-state index contributed by atoms with van der Waals surface area (Å²) in [6, 6.07) is 0. The molecule has 1 rings (SSSR count). The standard InChI is InChI=1S/C11H20N4O/c1-7(2)8(3)5-13-11-9(16-4)10(12)14-6-15-11/h6-8H,5H2,1-4H3,(H3,12,13,14,15). The molecule has 0 bridgehead atoms. The Labute approximate surface area is 96.4 Å². The van der Waals surface area contributed by atoms with Gasteiger partial charge in [-0.25, -0.2) is 9.97 Å². The van der Waals surface area contributed by atoms with Gasteiger partial charge in [0.15, 0.2) is 11.6 Å². The van der Waals surface area contributed by atoms with Gasteiger partial charge in [-0.3, -0.25) is 0 Å². The number of hydrogen-bond donors (Lipinski definition) is 2. The lowest BCUT2D eigenvalue weighted by atomic mass is 9.98. The summed E-state index contributed by atoms with van der Waals surface area (Å²) in [6.45, 7) is 7.41. The molecule has 0 saturated heterocycles. The van der Waals surface area contributed by atoms with Crippen molar-refractivity contribution in [2.45, 2.75) is 20.8 Å². The average Bonchev–Trinajstić information content (AvgIpc) is 2.25. The molecule has 0 aromatic carbocycles. The maximum Gasteiger partial charge on any atom is 0.203 e. The van der Waals surface area contributed by atoms with Crippen LogP contribution in [0.3, 0.4) is 0 Å². The first-order chi connectivity index (χ1) is 7.56. The van der Waals surface area contributed by atoms with Crippen molar-refractivity contribution >= 4 is 11.6 Å². The zero-order chi connectivity index (χ0) is 12.1. The molecule has 16 heavy (non-hydrogen) atoms. The quantitative estimate of drug-likeness (QED) is 0.797. The minimum absolute atomic E-state index is 0.359. The first-order valence-electron chi connectivity index (χ1n) is 5.44. The Bertz CT molecular complexity index is 341. The molecule has 1 heterocycles. The topological polar surface area (TPSA) is 73.1 Å². The van der Waals surface area contributed by atoms with Crippen LogP contribution in [0.15, 0.2) is 6.33 Å². The third kappa shape index (κ3) is 2.98. The largest absolute Gasteiger partial charge is 0.490 e. The molecule has 90 valence electrons. The van der Waals surface area contributed by atoms with Crippen LogP contribution in [0.1, 0.15) is 20.8 Å².